The van der Waals surface area contributed by atoms with Gasteiger partial charge in [-0.05, 0) is 45.2 Å². The normalized spacial score (nSPS) is 25.7. The minimum Gasteiger partial charge on any atom is -0.353 e. The number of amides is 2. The smallest absolute Gasteiger partial charge is 0.327 e. The molecule has 3 rings (SSSR count). The number of anilines is 1. The molecule has 2 aliphatic rings. The zero-order valence-corrected chi connectivity index (χ0v) is 12.4. The third kappa shape index (κ3) is 2.08. The van der Waals surface area contributed by atoms with Gasteiger partial charge >= 0.3 is 6.03 Å². The van der Waals surface area contributed by atoms with Gasteiger partial charge in [0.05, 0.1) is 17.8 Å². The van der Waals surface area contributed by atoms with E-state index in [2.05, 4.69) is 0 Å². The number of urea groups is 1. The summed E-state index contributed by atoms with van der Waals surface area (Å²) in [4.78, 5) is 16.5. The zero-order valence-electron chi connectivity index (χ0n) is 12.4. The van der Waals surface area contributed by atoms with Crippen molar-refractivity contribution in [2.45, 2.75) is 52.0 Å². The van der Waals surface area contributed by atoms with E-state index in [1.807, 2.05) is 54.8 Å². The summed E-state index contributed by atoms with van der Waals surface area (Å²) in [6.07, 6.45) is 2.06. The number of rotatable bonds is 3. The highest BCUT2D eigenvalue weighted by atomic mass is 16.5. The SMILES string of the molecule is Cc1ccccc1N1C(=O)N2CCC[C@H]2[C@@H]1OC(C)C. The Morgan fingerprint density at radius 1 is 1.30 bits per heavy atom. The molecule has 2 amide bonds. The van der Waals surface area contributed by atoms with Crippen LogP contribution in [0.2, 0.25) is 0 Å². The molecule has 0 aliphatic carbocycles. The number of fused-ring (bicyclic) bond motifs is 1. The van der Waals surface area contributed by atoms with Crippen LogP contribution >= 0.6 is 0 Å². The number of hydrogen-bond acceptors (Lipinski definition) is 2. The lowest BCUT2D eigenvalue weighted by molar-refractivity contribution is -0.00481. The van der Waals surface area contributed by atoms with E-state index in [4.69, 9.17) is 4.74 Å². The van der Waals surface area contributed by atoms with E-state index in [1.54, 1.807) is 0 Å². The largest absolute Gasteiger partial charge is 0.353 e. The van der Waals surface area contributed by atoms with Crippen molar-refractivity contribution in [3.63, 3.8) is 0 Å². The second kappa shape index (κ2) is 5.09. The summed E-state index contributed by atoms with van der Waals surface area (Å²) in [7, 11) is 0. The molecule has 0 saturated carbocycles. The predicted molar refractivity (Wildman–Crippen MR) is 78.8 cm³/mol. The quantitative estimate of drug-likeness (QED) is 0.848. The van der Waals surface area contributed by atoms with Crippen molar-refractivity contribution in [1.82, 2.24) is 4.90 Å². The fourth-order valence-corrected chi connectivity index (χ4v) is 3.25. The zero-order chi connectivity index (χ0) is 14.3. The third-order valence-corrected chi connectivity index (χ3v) is 4.12. The second-order valence-corrected chi connectivity index (χ2v) is 5.92. The Morgan fingerprint density at radius 2 is 2.05 bits per heavy atom. The van der Waals surface area contributed by atoms with Crippen molar-refractivity contribution in [3.05, 3.63) is 29.8 Å². The molecule has 0 radical (unpaired) electrons. The Hall–Kier alpha value is -1.55. The van der Waals surface area contributed by atoms with E-state index in [1.165, 1.54) is 0 Å². The summed E-state index contributed by atoms with van der Waals surface area (Å²) >= 11 is 0. The highest BCUT2D eigenvalue weighted by molar-refractivity contribution is 5.96. The number of aryl methyl sites for hydroxylation is 1. The molecular weight excluding hydrogens is 252 g/mol. The van der Waals surface area contributed by atoms with Crippen molar-refractivity contribution in [2.75, 3.05) is 11.4 Å². The van der Waals surface area contributed by atoms with E-state index >= 15 is 0 Å². The Bertz CT molecular complexity index is 515. The maximum absolute atomic E-state index is 12.7. The van der Waals surface area contributed by atoms with Gasteiger partial charge in [0.15, 0.2) is 6.23 Å². The molecular formula is C16H22N2O2. The number of para-hydroxylation sites is 1. The number of carbonyl (C=O) groups is 1. The van der Waals surface area contributed by atoms with Crippen molar-refractivity contribution in [3.8, 4) is 0 Å². The number of benzene rings is 1. The van der Waals surface area contributed by atoms with Gasteiger partial charge in [0.1, 0.15) is 0 Å². The summed E-state index contributed by atoms with van der Waals surface area (Å²) in [5.74, 6) is 0. The van der Waals surface area contributed by atoms with Crippen molar-refractivity contribution in [2.24, 2.45) is 0 Å². The van der Waals surface area contributed by atoms with Crippen molar-refractivity contribution in [1.29, 1.82) is 0 Å². The van der Waals surface area contributed by atoms with Crippen LogP contribution in [0, 0.1) is 6.92 Å². The molecule has 0 aromatic heterocycles. The molecule has 20 heavy (non-hydrogen) atoms. The van der Waals surface area contributed by atoms with Crippen LogP contribution in [0.25, 0.3) is 0 Å². The molecule has 0 unspecified atom stereocenters. The van der Waals surface area contributed by atoms with Crippen LogP contribution in [0.4, 0.5) is 10.5 Å². The highest BCUT2D eigenvalue weighted by Gasteiger charge is 2.49. The Balaban J connectivity index is 1.98. The molecule has 0 N–H and O–H groups in total. The first-order valence-electron chi connectivity index (χ1n) is 7.40. The predicted octanol–water partition coefficient (Wildman–Crippen LogP) is 3.15. The Labute approximate surface area is 120 Å². The molecule has 1 aromatic rings. The first-order valence-corrected chi connectivity index (χ1v) is 7.40. The third-order valence-electron chi connectivity index (χ3n) is 4.12. The monoisotopic (exact) mass is 274 g/mol. The molecule has 2 fully saturated rings. The van der Waals surface area contributed by atoms with Crippen LogP contribution in [0.15, 0.2) is 24.3 Å². The summed E-state index contributed by atoms with van der Waals surface area (Å²) in [6.45, 7) is 6.94. The minimum atomic E-state index is -0.161. The number of ether oxygens (including phenoxy) is 1. The van der Waals surface area contributed by atoms with Gasteiger partial charge in [-0.15, -0.1) is 0 Å². The molecule has 0 bridgehead atoms. The maximum Gasteiger partial charge on any atom is 0.327 e. The first-order chi connectivity index (χ1) is 9.59. The molecule has 0 spiro atoms. The molecule has 4 heteroatoms. The second-order valence-electron chi connectivity index (χ2n) is 5.92. The van der Waals surface area contributed by atoms with Gasteiger partial charge in [-0.25, -0.2) is 4.79 Å². The van der Waals surface area contributed by atoms with Gasteiger partial charge in [-0.2, -0.15) is 0 Å². The van der Waals surface area contributed by atoms with Crippen LogP contribution in [0.3, 0.4) is 0 Å². The molecule has 2 aliphatic heterocycles. The molecule has 2 saturated heterocycles. The Kier molecular flexibility index (Phi) is 3.42. The van der Waals surface area contributed by atoms with Crippen LogP contribution in [-0.2, 0) is 4.74 Å². The van der Waals surface area contributed by atoms with E-state index in [0.29, 0.717) is 0 Å². The molecule has 108 valence electrons. The topological polar surface area (TPSA) is 32.8 Å². The lowest BCUT2D eigenvalue weighted by Gasteiger charge is -2.28. The van der Waals surface area contributed by atoms with Gasteiger partial charge in [-0.3, -0.25) is 4.90 Å². The van der Waals surface area contributed by atoms with Crippen LogP contribution in [-0.4, -0.2) is 35.8 Å². The minimum absolute atomic E-state index is 0.0902. The first kappa shape index (κ1) is 13.4. The fourth-order valence-electron chi connectivity index (χ4n) is 3.25. The van der Waals surface area contributed by atoms with Crippen molar-refractivity contribution >= 4 is 11.7 Å². The van der Waals surface area contributed by atoms with Gasteiger partial charge in [0.2, 0.25) is 0 Å². The van der Waals surface area contributed by atoms with Crippen molar-refractivity contribution < 1.29 is 9.53 Å². The summed E-state index contributed by atoms with van der Waals surface area (Å²) < 4.78 is 6.08. The lowest BCUT2D eigenvalue weighted by Crippen LogP contribution is -2.40. The van der Waals surface area contributed by atoms with Gasteiger partial charge in [0, 0.05) is 6.54 Å². The number of carbonyl (C=O) groups excluding carboxylic acids is 1. The van der Waals surface area contributed by atoms with E-state index in [0.717, 1.165) is 30.6 Å². The van der Waals surface area contributed by atoms with E-state index in [-0.39, 0.29) is 24.4 Å². The highest BCUT2D eigenvalue weighted by Crippen LogP contribution is 2.37. The molecule has 2 heterocycles. The fraction of sp³-hybridized carbons (Fsp3) is 0.562. The number of hydrogen-bond donors (Lipinski definition) is 0. The average molecular weight is 274 g/mol. The standard InChI is InChI=1S/C16H22N2O2/c1-11(2)20-15-14-9-6-10-17(14)16(19)18(15)13-8-5-4-7-12(13)3/h4-5,7-8,11,14-15H,6,9-10H2,1-3H3/t14-,15-/m0/s1. The lowest BCUT2D eigenvalue weighted by atomic mass is 10.1. The average Bonchev–Trinajstić information content (AvgIpc) is 2.95. The molecule has 1 aromatic carbocycles. The van der Waals surface area contributed by atoms with E-state index in [9.17, 15) is 4.79 Å². The summed E-state index contributed by atoms with van der Waals surface area (Å²) in [5, 5.41) is 0. The van der Waals surface area contributed by atoms with Crippen LogP contribution < -0.4 is 4.90 Å². The van der Waals surface area contributed by atoms with Crippen LogP contribution in [0.1, 0.15) is 32.3 Å². The van der Waals surface area contributed by atoms with E-state index < -0.39 is 0 Å². The Morgan fingerprint density at radius 3 is 2.75 bits per heavy atom. The summed E-state index contributed by atoms with van der Waals surface area (Å²) in [5.41, 5.74) is 2.08. The van der Waals surface area contributed by atoms with Gasteiger partial charge in [-0.1, -0.05) is 18.2 Å². The summed E-state index contributed by atoms with van der Waals surface area (Å²) in [6, 6.07) is 8.31. The number of nitrogens with zero attached hydrogens (tertiary/aromatic N) is 2. The van der Waals surface area contributed by atoms with Crippen LogP contribution in [0.5, 0.6) is 0 Å². The maximum atomic E-state index is 12.7. The molecule has 4 nitrogen and oxygen atoms in total. The van der Waals surface area contributed by atoms with Gasteiger partial charge < -0.3 is 9.64 Å². The van der Waals surface area contributed by atoms with Gasteiger partial charge in [0.25, 0.3) is 0 Å². The molecule has 2 atom stereocenters.